The van der Waals surface area contributed by atoms with Crippen LogP contribution >= 0.6 is 0 Å². The topological polar surface area (TPSA) is 79.2 Å². The molecule has 0 heterocycles. The van der Waals surface area contributed by atoms with Gasteiger partial charge in [-0.1, -0.05) is 30.3 Å². The van der Waals surface area contributed by atoms with Gasteiger partial charge in [-0.2, -0.15) is 0 Å². The van der Waals surface area contributed by atoms with Crippen LogP contribution in [0.4, 0.5) is 0 Å². The molecule has 2 rings (SSSR count). The Kier molecular flexibility index (Phi) is 4.10. The molecule has 0 unspecified atom stereocenters. The summed E-state index contributed by atoms with van der Waals surface area (Å²) in [6.45, 7) is 0. The van der Waals surface area contributed by atoms with E-state index in [2.05, 4.69) is 5.32 Å². The number of amides is 1. The normalized spacial score (nSPS) is 14.4. The molecular formula is C15H14N2O3. The van der Waals surface area contributed by atoms with Crippen molar-refractivity contribution in [1.82, 2.24) is 5.32 Å². The van der Waals surface area contributed by atoms with Crippen molar-refractivity contribution in [3.8, 4) is 0 Å². The number of carbonyl (C=O) groups is 2. The maximum absolute atomic E-state index is 11.9. The van der Waals surface area contributed by atoms with E-state index in [9.17, 15) is 9.59 Å². The molecular weight excluding hydrogens is 256 g/mol. The maximum atomic E-state index is 11.9. The van der Waals surface area contributed by atoms with Gasteiger partial charge in [0.15, 0.2) is 5.78 Å². The molecule has 0 radical (unpaired) electrons. The van der Waals surface area contributed by atoms with Crippen LogP contribution < -0.4 is 5.32 Å². The summed E-state index contributed by atoms with van der Waals surface area (Å²) < 4.78 is 4.93. The number of ketones is 1. The first-order valence-corrected chi connectivity index (χ1v) is 6.04. The van der Waals surface area contributed by atoms with E-state index in [1.165, 1.54) is 19.3 Å². The van der Waals surface area contributed by atoms with Crippen LogP contribution in [-0.2, 0) is 20.7 Å². The molecule has 1 amide bonds. The highest BCUT2D eigenvalue weighted by atomic mass is 16.5. The van der Waals surface area contributed by atoms with E-state index in [0.29, 0.717) is 0 Å². The van der Waals surface area contributed by atoms with Crippen molar-refractivity contribution in [3.63, 3.8) is 0 Å². The average Bonchev–Trinajstić information content (AvgIpc) is 2.43. The zero-order valence-corrected chi connectivity index (χ0v) is 11.0. The van der Waals surface area contributed by atoms with E-state index in [4.69, 9.17) is 10.1 Å². The Hall–Kier alpha value is -2.69. The first-order valence-electron chi connectivity index (χ1n) is 6.04. The predicted octanol–water partition coefficient (Wildman–Crippen LogP) is 1.36. The smallest absolute Gasteiger partial charge is 0.228 e. The third-order valence-corrected chi connectivity index (χ3v) is 2.78. The van der Waals surface area contributed by atoms with Crippen molar-refractivity contribution in [2.24, 2.45) is 0 Å². The molecule has 0 atom stereocenters. The van der Waals surface area contributed by atoms with E-state index in [0.717, 1.165) is 5.56 Å². The summed E-state index contributed by atoms with van der Waals surface area (Å²) in [5.41, 5.74) is 1.02. The van der Waals surface area contributed by atoms with Gasteiger partial charge in [-0.25, -0.2) is 0 Å². The molecule has 2 N–H and O–H groups in total. The minimum Gasteiger partial charge on any atom is -0.494 e. The first-order chi connectivity index (χ1) is 9.60. The largest absolute Gasteiger partial charge is 0.494 e. The lowest BCUT2D eigenvalue weighted by atomic mass is 10.1. The molecule has 0 aromatic heterocycles. The fourth-order valence-electron chi connectivity index (χ4n) is 1.83. The fourth-order valence-corrected chi connectivity index (χ4v) is 1.83. The molecule has 1 aromatic rings. The lowest BCUT2D eigenvalue weighted by Crippen LogP contribution is -2.31. The molecule has 0 aliphatic heterocycles. The highest BCUT2D eigenvalue weighted by Crippen LogP contribution is 2.12. The van der Waals surface area contributed by atoms with Crippen LogP contribution in [0.25, 0.3) is 0 Å². The van der Waals surface area contributed by atoms with Gasteiger partial charge < -0.3 is 10.1 Å². The van der Waals surface area contributed by atoms with Crippen LogP contribution in [0.5, 0.6) is 0 Å². The SMILES string of the molecule is COC1=CC(=O)C=C(NC(=O)Cc2ccccc2)C1=N. The van der Waals surface area contributed by atoms with Crippen molar-refractivity contribution in [3.05, 3.63) is 59.5 Å². The van der Waals surface area contributed by atoms with Gasteiger partial charge in [-0.3, -0.25) is 15.0 Å². The molecule has 5 nitrogen and oxygen atoms in total. The molecule has 0 spiro atoms. The van der Waals surface area contributed by atoms with E-state index in [-0.39, 0.29) is 35.3 Å². The van der Waals surface area contributed by atoms with E-state index in [1.807, 2.05) is 30.3 Å². The van der Waals surface area contributed by atoms with Crippen molar-refractivity contribution in [1.29, 1.82) is 5.41 Å². The van der Waals surface area contributed by atoms with Crippen molar-refractivity contribution in [2.45, 2.75) is 6.42 Å². The molecule has 0 fully saturated rings. The van der Waals surface area contributed by atoms with Gasteiger partial charge in [-0.05, 0) is 5.56 Å². The summed E-state index contributed by atoms with van der Waals surface area (Å²) in [5.74, 6) is -0.447. The van der Waals surface area contributed by atoms with Crippen LogP contribution in [0.15, 0.2) is 53.9 Å². The Labute approximate surface area is 116 Å². The molecule has 1 aliphatic rings. The van der Waals surface area contributed by atoms with Crippen LogP contribution in [0.3, 0.4) is 0 Å². The highest BCUT2D eigenvalue weighted by Gasteiger charge is 2.20. The number of hydrogen-bond acceptors (Lipinski definition) is 4. The highest BCUT2D eigenvalue weighted by molar-refractivity contribution is 6.21. The van der Waals surface area contributed by atoms with Crippen LogP contribution in [0.2, 0.25) is 0 Å². The van der Waals surface area contributed by atoms with Gasteiger partial charge in [0, 0.05) is 12.2 Å². The predicted molar refractivity (Wildman–Crippen MR) is 74.2 cm³/mol. The minimum absolute atomic E-state index is 0.00601. The molecule has 1 aromatic carbocycles. The van der Waals surface area contributed by atoms with Gasteiger partial charge in [-0.15, -0.1) is 0 Å². The molecule has 20 heavy (non-hydrogen) atoms. The van der Waals surface area contributed by atoms with E-state index < -0.39 is 0 Å². The van der Waals surface area contributed by atoms with Crippen molar-refractivity contribution >= 4 is 17.4 Å². The standard InChI is InChI=1S/C15H14N2O3/c1-20-13-9-11(18)8-12(15(13)16)17-14(19)7-10-5-3-2-4-6-10/h2-6,8-9,16H,7H2,1H3,(H,17,19). The zero-order valence-electron chi connectivity index (χ0n) is 11.0. The number of ether oxygens (including phenoxy) is 1. The second-order valence-corrected chi connectivity index (χ2v) is 4.26. The van der Waals surface area contributed by atoms with E-state index >= 15 is 0 Å². The number of rotatable bonds is 4. The third-order valence-electron chi connectivity index (χ3n) is 2.78. The van der Waals surface area contributed by atoms with Crippen molar-refractivity contribution < 1.29 is 14.3 Å². The van der Waals surface area contributed by atoms with Gasteiger partial charge >= 0.3 is 0 Å². The summed E-state index contributed by atoms with van der Waals surface area (Å²) in [6, 6.07) is 9.24. The summed E-state index contributed by atoms with van der Waals surface area (Å²) >= 11 is 0. The monoisotopic (exact) mass is 270 g/mol. The quantitative estimate of drug-likeness (QED) is 0.811. The lowest BCUT2D eigenvalue weighted by Gasteiger charge is -2.15. The third kappa shape index (κ3) is 3.20. The second kappa shape index (κ2) is 5.97. The van der Waals surface area contributed by atoms with Gasteiger partial charge in [0.05, 0.1) is 19.2 Å². The number of benzene rings is 1. The number of methoxy groups -OCH3 is 1. The summed E-state index contributed by atoms with van der Waals surface area (Å²) in [7, 11) is 1.38. The number of hydrogen-bond donors (Lipinski definition) is 2. The molecule has 102 valence electrons. The lowest BCUT2D eigenvalue weighted by molar-refractivity contribution is -0.119. The van der Waals surface area contributed by atoms with Gasteiger partial charge in [0.2, 0.25) is 5.91 Å². The molecule has 0 saturated heterocycles. The Morgan fingerprint density at radius 3 is 2.60 bits per heavy atom. The molecule has 0 saturated carbocycles. The number of nitrogens with one attached hydrogen (secondary N) is 2. The minimum atomic E-state index is -0.312. The Balaban J connectivity index is 2.05. The summed E-state index contributed by atoms with van der Waals surface area (Å²) in [5, 5.41) is 10.4. The first kappa shape index (κ1) is 13.7. The number of allylic oxidation sites excluding steroid dienone is 2. The van der Waals surface area contributed by atoms with Crippen LogP contribution in [0.1, 0.15) is 5.56 Å². The van der Waals surface area contributed by atoms with Gasteiger partial charge in [0.1, 0.15) is 11.5 Å². The number of carbonyl (C=O) groups excluding carboxylic acids is 2. The molecule has 1 aliphatic carbocycles. The molecule has 5 heteroatoms. The Morgan fingerprint density at radius 1 is 1.25 bits per heavy atom. The van der Waals surface area contributed by atoms with Gasteiger partial charge in [0.25, 0.3) is 0 Å². The Morgan fingerprint density at radius 2 is 1.95 bits per heavy atom. The molecule has 0 bridgehead atoms. The van der Waals surface area contributed by atoms with Crippen LogP contribution in [0, 0.1) is 5.41 Å². The zero-order chi connectivity index (χ0) is 14.5. The summed E-state index contributed by atoms with van der Waals surface area (Å²) in [4.78, 5) is 23.4. The average molecular weight is 270 g/mol. The second-order valence-electron chi connectivity index (χ2n) is 4.26. The fraction of sp³-hybridized carbons (Fsp3) is 0.133. The maximum Gasteiger partial charge on any atom is 0.228 e. The van der Waals surface area contributed by atoms with Crippen LogP contribution in [-0.4, -0.2) is 24.5 Å². The Bertz CT molecular complexity index is 615. The summed E-state index contributed by atoms with van der Waals surface area (Å²) in [6.07, 6.45) is 2.62. The van der Waals surface area contributed by atoms with E-state index in [1.54, 1.807) is 0 Å². The van der Waals surface area contributed by atoms with Crippen molar-refractivity contribution in [2.75, 3.05) is 7.11 Å².